The maximum Gasteiger partial charge on any atom is 0.325 e. The molecule has 0 bridgehead atoms. The van der Waals surface area contributed by atoms with Crippen molar-refractivity contribution >= 4 is 17.8 Å². The summed E-state index contributed by atoms with van der Waals surface area (Å²) in [6.45, 7) is 5.62. The molecule has 2 aliphatic heterocycles. The summed E-state index contributed by atoms with van der Waals surface area (Å²) >= 11 is 0. The van der Waals surface area contributed by atoms with E-state index in [1.807, 2.05) is 12.1 Å². The zero-order valence-electron chi connectivity index (χ0n) is 13.8. The van der Waals surface area contributed by atoms with Crippen LogP contribution in [0.3, 0.4) is 0 Å². The lowest BCUT2D eigenvalue weighted by atomic mass is 10.1. The molecule has 0 radical (unpaired) electrons. The minimum atomic E-state index is -0.480. The predicted molar refractivity (Wildman–Crippen MR) is 88.1 cm³/mol. The smallest absolute Gasteiger partial charge is 0.325 e. The normalized spacial score (nSPS) is 18.9. The number of hydrogen-bond acceptors (Lipinski definition) is 4. The van der Waals surface area contributed by atoms with Gasteiger partial charge in [0.25, 0.3) is 5.91 Å². The third-order valence-electron chi connectivity index (χ3n) is 4.61. The number of urea groups is 1. The van der Waals surface area contributed by atoms with Crippen molar-refractivity contribution in [3.63, 3.8) is 0 Å². The number of aryl methyl sites for hydroxylation is 1. The fourth-order valence-corrected chi connectivity index (χ4v) is 3.03. The minimum absolute atomic E-state index is 0.0175. The van der Waals surface area contributed by atoms with E-state index < -0.39 is 6.03 Å². The summed E-state index contributed by atoms with van der Waals surface area (Å²) in [5.41, 5.74) is 2.58. The van der Waals surface area contributed by atoms with E-state index >= 15 is 0 Å². The highest BCUT2D eigenvalue weighted by molar-refractivity contribution is 6.04. The van der Waals surface area contributed by atoms with Gasteiger partial charge in [-0.25, -0.2) is 4.79 Å². The van der Waals surface area contributed by atoms with Gasteiger partial charge in [-0.05, 0) is 18.1 Å². The Morgan fingerprint density at radius 2 is 1.83 bits per heavy atom. The number of nitrogens with one attached hydrogen (secondary N) is 1. The van der Waals surface area contributed by atoms with Gasteiger partial charge in [0, 0.05) is 32.7 Å². The highest BCUT2D eigenvalue weighted by Gasteiger charge is 2.32. The van der Waals surface area contributed by atoms with Gasteiger partial charge < -0.3 is 10.2 Å². The van der Waals surface area contributed by atoms with Crippen molar-refractivity contribution < 1.29 is 14.4 Å². The van der Waals surface area contributed by atoms with E-state index in [0.29, 0.717) is 13.1 Å². The number of amides is 4. The third kappa shape index (κ3) is 3.56. The van der Waals surface area contributed by atoms with Gasteiger partial charge in [-0.3, -0.25) is 19.4 Å². The molecule has 2 fully saturated rings. The van der Waals surface area contributed by atoms with Crippen LogP contribution in [-0.4, -0.2) is 71.8 Å². The number of hydrogen-bond donors (Lipinski definition) is 1. The SMILES string of the molecule is Cc1ccccc1CN1CCN(C(=O)CN2C(=O)CNC2=O)CC1. The van der Waals surface area contributed by atoms with Crippen LogP contribution in [0.4, 0.5) is 4.79 Å². The first-order valence-electron chi connectivity index (χ1n) is 8.17. The molecule has 0 aliphatic carbocycles. The summed E-state index contributed by atoms with van der Waals surface area (Å²) in [6, 6.07) is 7.83. The summed E-state index contributed by atoms with van der Waals surface area (Å²) in [6.07, 6.45) is 0. The molecular formula is C17H22N4O3. The fraction of sp³-hybridized carbons (Fsp3) is 0.471. The van der Waals surface area contributed by atoms with E-state index in [0.717, 1.165) is 24.5 Å². The van der Waals surface area contributed by atoms with Crippen LogP contribution in [0.1, 0.15) is 11.1 Å². The van der Waals surface area contributed by atoms with Gasteiger partial charge in [0.1, 0.15) is 6.54 Å². The summed E-state index contributed by atoms with van der Waals surface area (Å²) < 4.78 is 0. The molecule has 0 saturated carbocycles. The van der Waals surface area contributed by atoms with Crippen LogP contribution in [0.5, 0.6) is 0 Å². The summed E-state index contributed by atoms with van der Waals surface area (Å²) in [5, 5.41) is 2.43. The van der Waals surface area contributed by atoms with Crippen LogP contribution in [0.15, 0.2) is 24.3 Å². The standard InChI is InChI=1S/C17H22N4O3/c1-13-4-2-3-5-14(13)11-19-6-8-20(9-7-19)16(23)12-21-15(22)10-18-17(21)24/h2-5H,6-12H2,1H3,(H,18,24). The molecule has 24 heavy (non-hydrogen) atoms. The number of rotatable bonds is 4. The predicted octanol–water partition coefficient (Wildman–Crippen LogP) is 0.191. The van der Waals surface area contributed by atoms with E-state index in [9.17, 15) is 14.4 Å². The molecule has 3 rings (SSSR count). The van der Waals surface area contributed by atoms with E-state index in [1.165, 1.54) is 11.1 Å². The second-order valence-electron chi connectivity index (χ2n) is 6.22. The average Bonchev–Trinajstić information content (AvgIpc) is 2.89. The Kier molecular flexibility index (Phi) is 4.80. The average molecular weight is 330 g/mol. The van der Waals surface area contributed by atoms with Crippen LogP contribution in [0.2, 0.25) is 0 Å². The molecule has 0 aromatic heterocycles. The second kappa shape index (κ2) is 7.00. The van der Waals surface area contributed by atoms with Crippen molar-refractivity contribution in [1.82, 2.24) is 20.0 Å². The van der Waals surface area contributed by atoms with Gasteiger partial charge in [-0.1, -0.05) is 24.3 Å². The van der Waals surface area contributed by atoms with Gasteiger partial charge in [0.05, 0.1) is 6.54 Å². The van der Waals surface area contributed by atoms with Crippen molar-refractivity contribution in [3.8, 4) is 0 Å². The lowest BCUT2D eigenvalue weighted by molar-refractivity contribution is -0.137. The van der Waals surface area contributed by atoms with Crippen LogP contribution < -0.4 is 5.32 Å². The molecule has 7 heteroatoms. The Balaban J connectivity index is 1.50. The summed E-state index contributed by atoms with van der Waals surface area (Å²) in [4.78, 5) is 40.4. The lowest BCUT2D eigenvalue weighted by Gasteiger charge is -2.35. The maximum atomic E-state index is 12.3. The van der Waals surface area contributed by atoms with Gasteiger partial charge in [-0.15, -0.1) is 0 Å². The van der Waals surface area contributed by atoms with Crippen molar-refractivity contribution in [2.75, 3.05) is 39.3 Å². The highest BCUT2D eigenvalue weighted by Crippen LogP contribution is 2.13. The van der Waals surface area contributed by atoms with Gasteiger partial charge >= 0.3 is 6.03 Å². The Morgan fingerprint density at radius 3 is 2.46 bits per heavy atom. The molecular weight excluding hydrogens is 308 g/mol. The zero-order chi connectivity index (χ0) is 17.1. The molecule has 4 amide bonds. The van der Waals surface area contributed by atoms with Crippen LogP contribution in [0.25, 0.3) is 0 Å². The van der Waals surface area contributed by atoms with Gasteiger partial charge in [-0.2, -0.15) is 0 Å². The van der Waals surface area contributed by atoms with E-state index in [-0.39, 0.29) is 24.9 Å². The number of imide groups is 1. The maximum absolute atomic E-state index is 12.3. The first-order chi connectivity index (χ1) is 11.5. The van der Waals surface area contributed by atoms with Crippen molar-refractivity contribution in [3.05, 3.63) is 35.4 Å². The lowest BCUT2D eigenvalue weighted by Crippen LogP contribution is -2.51. The third-order valence-corrected chi connectivity index (χ3v) is 4.61. The number of carbonyl (C=O) groups is 3. The second-order valence-corrected chi connectivity index (χ2v) is 6.22. The Morgan fingerprint density at radius 1 is 1.12 bits per heavy atom. The summed E-state index contributed by atoms with van der Waals surface area (Å²) in [7, 11) is 0. The van der Waals surface area contributed by atoms with Gasteiger partial charge in [0.15, 0.2) is 0 Å². The molecule has 2 saturated heterocycles. The first-order valence-corrected chi connectivity index (χ1v) is 8.17. The quantitative estimate of drug-likeness (QED) is 0.800. The van der Waals surface area contributed by atoms with E-state index in [2.05, 4.69) is 29.3 Å². The van der Waals surface area contributed by atoms with Crippen LogP contribution in [-0.2, 0) is 16.1 Å². The van der Waals surface area contributed by atoms with Crippen LogP contribution in [0, 0.1) is 6.92 Å². The molecule has 0 unspecified atom stereocenters. The molecule has 1 aromatic carbocycles. The minimum Gasteiger partial charge on any atom is -0.339 e. The molecule has 1 aromatic rings. The molecule has 2 heterocycles. The Bertz CT molecular complexity index is 637. The monoisotopic (exact) mass is 330 g/mol. The van der Waals surface area contributed by atoms with Crippen molar-refractivity contribution in [2.24, 2.45) is 0 Å². The topological polar surface area (TPSA) is 73.0 Å². The molecule has 2 aliphatic rings. The number of benzene rings is 1. The molecule has 0 spiro atoms. The number of piperazine rings is 1. The fourth-order valence-electron chi connectivity index (χ4n) is 3.03. The van der Waals surface area contributed by atoms with Crippen molar-refractivity contribution in [1.29, 1.82) is 0 Å². The molecule has 1 N–H and O–H groups in total. The Labute approximate surface area is 141 Å². The first kappa shape index (κ1) is 16.4. The zero-order valence-corrected chi connectivity index (χ0v) is 13.8. The highest BCUT2D eigenvalue weighted by atomic mass is 16.2. The van der Waals surface area contributed by atoms with E-state index in [1.54, 1.807) is 4.90 Å². The van der Waals surface area contributed by atoms with Crippen molar-refractivity contribution in [2.45, 2.75) is 13.5 Å². The molecule has 128 valence electrons. The largest absolute Gasteiger partial charge is 0.339 e. The molecule has 7 nitrogen and oxygen atoms in total. The number of nitrogens with zero attached hydrogens (tertiary/aromatic N) is 3. The molecule has 0 atom stereocenters. The van der Waals surface area contributed by atoms with E-state index in [4.69, 9.17) is 0 Å². The number of carbonyl (C=O) groups excluding carboxylic acids is 3. The Hall–Kier alpha value is -2.41. The van der Waals surface area contributed by atoms with Crippen LogP contribution >= 0.6 is 0 Å². The van der Waals surface area contributed by atoms with Gasteiger partial charge in [0.2, 0.25) is 5.91 Å². The summed E-state index contributed by atoms with van der Waals surface area (Å²) in [5.74, 6) is -0.512.